The minimum Gasteiger partial charge on any atom is -0.392 e. The summed E-state index contributed by atoms with van der Waals surface area (Å²) in [6.45, 7) is 0.494. The van der Waals surface area contributed by atoms with Gasteiger partial charge in [0.05, 0.1) is 6.10 Å². The average Bonchev–Trinajstić information content (AvgIpc) is 2.30. The number of hydrogen-bond acceptors (Lipinski definition) is 2. The van der Waals surface area contributed by atoms with Gasteiger partial charge in [0.15, 0.2) is 0 Å². The topological polar surface area (TPSA) is 32.3 Å². The van der Waals surface area contributed by atoms with Crippen molar-refractivity contribution < 1.29 is 9.50 Å². The standard InChI is InChI=1S/C13H18FNO/c14-11-6-2-1-5-10(11)9-15-12-7-3-4-8-13(12)16/h1-2,5-6,12-13,15-16H,3-4,7-9H2. The number of nitrogens with one attached hydrogen (secondary N) is 1. The fourth-order valence-electron chi connectivity index (χ4n) is 2.23. The molecule has 0 heterocycles. The molecule has 2 rings (SSSR count). The summed E-state index contributed by atoms with van der Waals surface area (Å²) >= 11 is 0. The highest BCUT2D eigenvalue weighted by Gasteiger charge is 2.22. The largest absolute Gasteiger partial charge is 0.392 e. The predicted octanol–water partition coefficient (Wildman–Crippen LogP) is 2.22. The monoisotopic (exact) mass is 223 g/mol. The van der Waals surface area contributed by atoms with Crippen molar-refractivity contribution in [2.45, 2.75) is 44.4 Å². The van der Waals surface area contributed by atoms with Crippen LogP contribution in [0.1, 0.15) is 31.2 Å². The zero-order chi connectivity index (χ0) is 11.4. The molecule has 1 aromatic rings. The lowest BCUT2D eigenvalue weighted by Crippen LogP contribution is -2.41. The van der Waals surface area contributed by atoms with Crippen LogP contribution in [0, 0.1) is 5.82 Å². The molecule has 1 aromatic carbocycles. The van der Waals surface area contributed by atoms with Gasteiger partial charge < -0.3 is 10.4 Å². The molecule has 1 aliphatic rings. The Labute approximate surface area is 95.5 Å². The first-order valence-corrected chi connectivity index (χ1v) is 5.92. The maximum absolute atomic E-state index is 13.3. The minimum absolute atomic E-state index is 0.119. The van der Waals surface area contributed by atoms with Gasteiger partial charge in [0, 0.05) is 18.2 Å². The van der Waals surface area contributed by atoms with Gasteiger partial charge in [-0.1, -0.05) is 31.0 Å². The summed E-state index contributed by atoms with van der Waals surface area (Å²) in [6, 6.07) is 6.88. The van der Waals surface area contributed by atoms with Crippen molar-refractivity contribution in [1.82, 2.24) is 5.32 Å². The number of hydrogen-bond donors (Lipinski definition) is 2. The average molecular weight is 223 g/mol. The molecule has 1 aliphatic carbocycles. The summed E-state index contributed by atoms with van der Waals surface area (Å²) < 4.78 is 13.3. The van der Waals surface area contributed by atoms with Crippen molar-refractivity contribution in [2.24, 2.45) is 0 Å². The Morgan fingerprint density at radius 3 is 2.75 bits per heavy atom. The molecular weight excluding hydrogens is 205 g/mol. The van der Waals surface area contributed by atoms with Gasteiger partial charge >= 0.3 is 0 Å². The predicted molar refractivity (Wildman–Crippen MR) is 61.5 cm³/mol. The summed E-state index contributed by atoms with van der Waals surface area (Å²) in [5.41, 5.74) is 0.667. The summed E-state index contributed by atoms with van der Waals surface area (Å²) in [6.07, 6.45) is 3.80. The third kappa shape index (κ3) is 2.80. The van der Waals surface area contributed by atoms with Gasteiger partial charge in [-0.3, -0.25) is 0 Å². The fourth-order valence-corrected chi connectivity index (χ4v) is 2.23. The van der Waals surface area contributed by atoms with Crippen molar-refractivity contribution in [3.05, 3.63) is 35.6 Å². The van der Waals surface area contributed by atoms with E-state index in [1.165, 1.54) is 6.07 Å². The Morgan fingerprint density at radius 2 is 2.00 bits per heavy atom. The Balaban J connectivity index is 1.89. The van der Waals surface area contributed by atoms with Gasteiger partial charge in [-0.25, -0.2) is 4.39 Å². The summed E-state index contributed by atoms with van der Waals surface area (Å²) in [4.78, 5) is 0. The lowest BCUT2D eigenvalue weighted by Gasteiger charge is -2.28. The van der Waals surface area contributed by atoms with Crippen molar-refractivity contribution >= 4 is 0 Å². The number of aliphatic hydroxyl groups is 1. The van der Waals surface area contributed by atoms with E-state index in [-0.39, 0.29) is 18.0 Å². The van der Waals surface area contributed by atoms with E-state index in [1.807, 2.05) is 6.07 Å². The van der Waals surface area contributed by atoms with Gasteiger partial charge in [0.25, 0.3) is 0 Å². The maximum Gasteiger partial charge on any atom is 0.127 e. The highest BCUT2D eigenvalue weighted by molar-refractivity contribution is 5.17. The summed E-state index contributed by atoms with van der Waals surface area (Å²) in [5, 5.41) is 13.0. The summed E-state index contributed by atoms with van der Waals surface area (Å²) in [7, 11) is 0. The van der Waals surface area contributed by atoms with E-state index < -0.39 is 0 Å². The highest BCUT2D eigenvalue weighted by Crippen LogP contribution is 2.19. The van der Waals surface area contributed by atoms with E-state index in [0.29, 0.717) is 12.1 Å². The van der Waals surface area contributed by atoms with Crippen LogP contribution in [0.15, 0.2) is 24.3 Å². The molecule has 0 radical (unpaired) electrons. The van der Waals surface area contributed by atoms with Crippen molar-refractivity contribution in [3.8, 4) is 0 Å². The smallest absolute Gasteiger partial charge is 0.127 e. The second-order valence-corrected chi connectivity index (χ2v) is 4.43. The Morgan fingerprint density at radius 1 is 1.25 bits per heavy atom. The highest BCUT2D eigenvalue weighted by atomic mass is 19.1. The van der Waals surface area contributed by atoms with Gasteiger partial charge in [0.1, 0.15) is 5.82 Å². The molecule has 0 bridgehead atoms. The molecule has 1 fully saturated rings. The lowest BCUT2D eigenvalue weighted by molar-refractivity contribution is 0.0901. The van der Waals surface area contributed by atoms with E-state index in [4.69, 9.17) is 0 Å². The first kappa shape index (κ1) is 11.6. The van der Waals surface area contributed by atoms with Gasteiger partial charge in [0.2, 0.25) is 0 Å². The molecule has 0 spiro atoms. The molecule has 2 N–H and O–H groups in total. The van der Waals surface area contributed by atoms with Crippen molar-refractivity contribution in [3.63, 3.8) is 0 Å². The molecule has 0 aliphatic heterocycles. The molecule has 0 amide bonds. The Bertz CT molecular complexity index is 342. The quantitative estimate of drug-likeness (QED) is 0.823. The minimum atomic E-state index is -0.277. The maximum atomic E-state index is 13.3. The third-order valence-electron chi connectivity index (χ3n) is 3.24. The van der Waals surface area contributed by atoms with Crippen LogP contribution in [0.25, 0.3) is 0 Å². The number of halogens is 1. The van der Waals surface area contributed by atoms with Crippen LogP contribution in [-0.4, -0.2) is 17.3 Å². The van der Waals surface area contributed by atoms with Crippen LogP contribution in [0.3, 0.4) is 0 Å². The van der Waals surface area contributed by atoms with Crippen LogP contribution in [0.5, 0.6) is 0 Å². The molecular formula is C13H18FNO. The lowest BCUT2D eigenvalue weighted by atomic mass is 9.92. The van der Waals surface area contributed by atoms with E-state index in [9.17, 15) is 9.50 Å². The number of benzene rings is 1. The Hall–Kier alpha value is -0.930. The number of rotatable bonds is 3. The third-order valence-corrected chi connectivity index (χ3v) is 3.24. The summed E-state index contributed by atoms with van der Waals surface area (Å²) in [5.74, 6) is -0.180. The van der Waals surface area contributed by atoms with Crippen LogP contribution in [0.4, 0.5) is 4.39 Å². The van der Waals surface area contributed by atoms with Crippen molar-refractivity contribution in [2.75, 3.05) is 0 Å². The van der Waals surface area contributed by atoms with Gasteiger partial charge in [-0.05, 0) is 18.9 Å². The zero-order valence-electron chi connectivity index (χ0n) is 9.32. The van der Waals surface area contributed by atoms with E-state index in [1.54, 1.807) is 12.1 Å². The van der Waals surface area contributed by atoms with Crippen LogP contribution in [0.2, 0.25) is 0 Å². The van der Waals surface area contributed by atoms with Crippen molar-refractivity contribution in [1.29, 1.82) is 0 Å². The molecule has 0 saturated heterocycles. The molecule has 0 aromatic heterocycles. The second kappa shape index (κ2) is 5.41. The van der Waals surface area contributed by atoms with E-state index in [2.05, 4.69) is 5.32 Å². The molecule has 2 unspecified atom stereocenters. The van der Waals surface area contributed by atoms with Crippen LogP contribution in [-0.2, 0) is 6.54 Å². The number of aliphatic hydroxyl groups excluding tert-OH is 1. The first-order valence-electron chi connectivity index (χ1n) is 5.92. The first-order chi connectivity index (χ1) is 7.77. The van der Waals surface area contributed by atoms with E-state index in [0.717, 1.165) is 25.7 Å². The molecule has 2 nitrogen and oxygen atoms in total. The molecule has 16 heavy (non-hydrogen) atoms. The zero-order valence-corrected chi connectivity index (χ0v) is 9.32. The van der Waals surface area contributed by atoms with Gasteiger partial charge in [-0.2, -0.15) is 0 Å². The Kier molecular flexibility index (Phi) is 3.91. The SMILES string of the molecule is OC1CCCCC1NCc1ccccc1F. The molecule has 1 saturated carbocycles. The normalized spacial score (nSPS) is 25.6. The molecule has 2 atom stereocenters. The van der Waals surface area contributed by atoms with Crippen LogP contribution < -0.4 is 5.32 Å². The van der Waals surface area contributed by atoms with E-state index >= 15 is 0 Å². The fraction of sp³-hybridized carbons (Fsp3) is 0.538. The molecule has 88 valence electrons. The second-order valence-electron chi connectivity index (χ2n) is 4.43. The van der Waals surface area contributed by atoms with Gasteiger partial charge in [-0.15, -0.1) is 0 Å². The molecule has 3 heteroatoms. The van der Waals surface area contributed by atoms with Crippen LogP contribution >= 0.6 is 0 Å².